The number of para-hydroxylation sites is 4. The third-order valence-electron chi connectivity index (χ3n) is 3.77. The van der Waals surface area contributed by atoms with E-state index < -0.39 is 0 Å². The van der Waals surface area contributed by atoms with Crippen LogP contribution < -0.4 is 9.80 Å². The average Bonchev–Trinajstić information content (AvgIpc) is 2.49. The molecule has 2 aliphatic rings. The van der Waals surface area contributed by atoms with E-state index in [4.69, 9.17) is 9.98 Å². The van der Waals surface area contributed by atoms with Gasteiger partial charge in [0.05, 0.1) is 22.7 Å². The van der Waals surface area contributed by atoms with Crippen molar-refractivity contribution in [3.63, 3.8) is 0 Å². The molecule has 0 unspecified atom stereocenters. The summed E-state index contributed by atoms with van der Waals surface area (Å²) in [5, 5.41) is 0. The highest BCUT2D eigenvalue weighted by atomic mass is 15.3. The lowest BCUT2D eigenvalue weighted by Crippen LogP contribution is -2.46. The fourth-order valence-electron chi connectivity index (χ4n) is 2.69. The van der Waals surface area contributed by atoms with Crippen molar-refractivity contribution in [2.75, 3.05) is 23.9 Å². The molecule has 4 nitrogen and oxygen atoms in total. The molecule has 0 atom stereocenters. The summed E-state index contributed by atoms with van der Waals surface area (Å²) in [5.74, 6) is 1.79. The van der Waals surface area contributed by atoms with Gasteiger partial charge in [-0.25, -0.2) is 9.98 Å². The Morgan fingerprint density at radius 1 is 0.650 bits per heavy atom. The summed E-state index contributed by atoms with van der Waals surface area (Å²) in [6.07, 6.45) is 0. The van der Waals surface area contributed by atoms with Gasteiger partial charge in [-0.2, -0.15) is 0 Å². The molecule has 4 rings (SSSR count). The van der Waals surface area contributed by atoms with Gasteiger partial charge >= 0.3 is 0 Å². The topological polar surface area (TPSA) is 31.2 Å². The first-order valence-electron chi connectivity index (χ1n) is 6.59. The maximum atomic E-state index is 4.77. The van der Waals surface area contributed by atoms with Crippen molar-refractivity contribution in [1.82, 2.24) is 0 Å². The predicted octanol–water partition coefficient (Wildman–Crippen LogP) is 3.35. The van der Waals surface area contributed by atoms with Gasteiger partial charge < -0.3 is 9.80 Å². The van der Waals surface area contributed by atoms with E-state index in [1.54, 1.807) is 0 Å². The van der Waals surface area contributed by atoms with Crippen LogP contribution in [0.2, 0.25) is 0 Å². The first-order chi connectivity index (χ1) is 9.75. The molecule has 0 aromatic heterocycles. The number of anilines is 2. The van der Waals surface area contributed by atoms with Crippen LogP contribution in [-0.2, 0) is 0 Å². The van der Waals surface area contributed by atoms with Crippen LogP contribution in [0.3, 0.4) is 0 Å². The molecule has 0 saturated heterocycles. The lowest BCUT2D eigenvalue weighted by Gasteiger charge is -2.35. The summed E-state index contributed by atoms with van der Waals surface area (Å²) in [4.78, 5) is 13.7. The van der Waals surface area contributed by atoms with Gasteiger partial charge in [-0.05, 0) is 24.3 Å². The number of nitrogens with zero attached hydrogens (tertiary/aromatic N) is 4. The quantitative estimate of drug-likeness (QED) is 0.729. The van der Waals surface area contributed by atoms with Crippen LogP contribution in [-0.4, -0.2) is 25.8 Å². The van der Waals surface area contributed by atoms with Crippen molar-refractivity contribution in [3.05, 3.63) is 48.5 Å². The van der Waals surface area contributed by atoms with Crippen molar-refractivity contribution in [2.45, 2.75) is 0 Å². The maximum Gasteiger partial charge on any atom is 0.177 e. The minimum absolute atomic E-state index is 0.893. The number of rotatable bonds is 0. The van der Waals surface area contributed by atoms with Gasteiger partial charge in [0.15, 0.2) is 11.7 Å². The summed E-state index contributed by atoms with van der Waals surface area (Å²) in [7, 11) is 4.07. The lowest BCUT2D eigenvalue weighted by atomic mass is 10.1. The fraction of sp³-hybridized carbons (Fsp3) is 0.125. The van der Waals surface area contributed by atoms with E-state index in [0.717, 1.165) is 34.4 Å². The molecule has 2 aromatic rings. The molecule has 0 spiro atoms. The summed E-state index contributed by atoms with van der Waals surface area (Å²) in [6.45, 7) is 0. The van der Waals surface area contributed by atoms with Crippen LogP contribution in [0.25, 0.3) is 0 Å². The highest BCUT2D eigenvalue weighted by Gasteiger charge is 2.30. The van der Waals surface area contributed by atoms with E-state index in [1.807, 2.05) is 50.5 Å². The minimum Gasteiger partial charge on any atom is -0.324 e. The molecule has 0 amide bonds. The van der Waals surface area contributed by atoms with E-state index in [2.05, 4.69) is 21.9 Å². The third kappa shape index (κ3) is 1.42. The predicted molar refractivity (Wildman–Crippen MR) is 83.9 cm³/mol. The second-order valence-corrected chi connectivity index (χ2v) is 4.97. The van der Waals surface area contributed by atoms with Crippen molar-refractivity contribution in [2.24, 2.45) is 9.98 Å². The van der Waals surface area contributed by atoms with E-state index in [1.165, 1.54) is 0 Å². The molecule has 2 heterocycles. The molecule has 0 saturated carbocycles. The van der Waals surface area contributed by atoms with Gasteiger partial charge in [0.2, 0.25) is 0 Å². The van der Waals surface area contributed by atoms with Crippen molar-refractivity contribution in [1.29, 1.82) is 0 Å². The number of hydrogen-bond donors (Lipinski definition) is 0. The molecule has 0 bridgehead atoms. The highest BCUT2D eigenvalue weighted by Crippen LogP contribution is 2.38. The van der Waals surface area contributed by atoms with Crippen LogP contribution in [0.1, 0.15) is 0 Å². The van der Waals surface area contributed by atoms with E-state index in [0.29, 0.717) is 0 Å². The standard InChI is InChI=1S/C16H14N4/c1-19-13-9-5-3-7-11(13)18-16-15(19)17-12-8-4-6-10-14(12)20(16)2/h3-10H,1-2H3. The molecule has 0 radical (unpaired) electrons. The second-order valence-electron chi connectivity index (χ2n) is 4.97. The number of aliphatic imine (C=N–C) groups is 2. The molecular weight excluding hydrogens is 248 g/mol. The Hall–Kier alpha value is -2.62. The Morgan fingerprint density at radius 2 is 1.05 bits per heavy atom. The zero-order valence-corrected chi connectivity index (χ0v) is 11.4. The summed E-state index contributed by atoms with van der Waals surface area (Å²) in [5.41, 5.74) is 4.14. The van der Waals surface area contributed by atoms with Crippen LogP contribution in [0.15, 0.2) is 58.5 Å². The summed E-state index contributed by atoms with van der Waals surface area (Å²) in [6, 6.07) is 16.3. The summed E-state index contributed by atoms with van der Waals surface area (Å²) < 4.78 is 0. The maximum absolute atomic E-state index is 4.77. The largest absolute Gasteiger partial charge is 0.324 e. The molecule has 98 valence electrons. The van der Waals surface area contributed by atoms with Crippen LogP contribution in [0.4, 0.5) is 22.7 Å². The number of likely N-dealkylation sites (N-methyl/N-ethyl adjacent to an activating group) is 2. The van der Waals surface area contributed by atoms with Gasteiger partial charge in [0.25, 0.3) is 0 Å². The SMILES string of the molecule is CN1C2=Nc3ccccc3N(C)C2=Nc2ccccc21. The first kappa shape index (κ1) is 11.2. The zero-order chi connectivity index (χ0) is 13.7. The Bertz CT molecular complexity index is 695. The Kier molecular flexibility index (Phi) is 2.21. The number of fused-ring (bicyclic) bond motifs is 3. The number of benzene rings is 2. The van der Waals surface area contributed by atoms with E-state index >= 15 is 0 Å². The van der Waals surface area contributed by atoms with Gasteiger partial charge in [0.1, 0.15) is 0 Å². The van der Waals surface area contributed by atoms with E-state index in [-0.39, 0.29) is 0 Å². The van der Waals surface area contributed by atoms with Gasteiger partial charge in [-0.1, -0.05) is 24.3 Å². The summed E-state index contributed by atoms with van der Waals surface area (Å²) >= 11 is 0. The molecule has 4 heteroatoms. The molecule has 20 heavy (non-hydrogen) atoms. The van der Waals surface area contributed by atoms with Crippen LogP contribution in [0, 0.1) is 0 Å². The fourth-order valence-corrected chi connectivity index (χ4v) is 2.69. The normalized spacial score (nSPS) is 15.9. The number of hydrogen-bond acceptors (Lipinski definition) is 4. The molecule has 2 aromatic carbocycles. The molecule has 0 aliphatic carbocycles. The highest BCUT2D eigenvalue weighted by molar-refractivity contribution is 6.52. The lowest BCUT2D eigenvalue weighted by molar-refractivity contribution is 1.16. The molecular formula is C16H14N4. The van der Waals surface area contributed by atoms with Gasteiger partial charge in [-0.15, -0.1) is 0 Å². The van der Waals surface area contributed by atoms with E-state index in [9.17, 15) is 0 Å². The Balaban J connectivity index is 1.97. The monoisotopic (exact) mass is 262 g/mol. The third-order valence-corrected chi connectivity index (χ3v) is 3.77. The average molecular weight is 262 g/mol. The Morgan fingerprint density at radius 3 is 1.50 bits per heavy atom. The van der Waals surface area contributed by atoms with Crippen molar-refractivity contribution >= 4 is 34.4 Å². The smallest absolute Gasteiger partial charge is 0.177 e. The molecule has 0 N–H and O–H groups in total. The van der Waals surface area contributed by atoms with Crippen LogP contribution in [0.5, 0.6) is 0 Å². The molecule has 0 fully saturated rings. The first-order valence-corrected chi connectivity index (χ1v) is 6.59. The zero-order valence-electron chi connectivity index (χ0n) is 11.4. The molecule has 2 aliphatic heterocycles. The van der Waals surface area contributed by atoms with Crippen LogP contribution >= 0.6 is 0 Å². The van der Waals surface area contributed by atoms with Crippen molar-refractivity contribution < 1.29 is 0 Å². The van der Waals surface area contributed by atoms with Gasteiger partial charge in [-0.3, -0.25) is 0 Å². The minimum atomic E-state index is 0.893. The van der Waals surface area contributed by atoms with Crippen molar-refractivity contribution in [3.8, 4) is 0 Å². The Labute approximate surface area is 117 Å². The second kappa shape index (κ2) is 3.93. The van der Waals surface area contributed by atoms with Gasteiger partial charge in [0, 0.05) is 14.1 Å². The number of amidine groups is 2.